The van der Waals surface area contributed by atoms with Crippen LogP contribution in [0, 0.1) is 0 Å². The molecule has 0 radical (unpaired) electrons. The van der Waals surface area contributed by atoms with Gasteiger partial charge in [0.05, 0.1) is 5.56 Å². The summed E-state index contributed by atoms with van der Waals surface area (Å²) in [4.78, 5) is 0. The van der Waals surface area contributed by atoms with E-state index in [4.69, 9.17) is 17.3 Å². The minimum Gasteiger partial charge on any atom is -0.399 e. The number of alkyl halides is 3. The lowest BCUT2D eigenvalue weighted by molar-refractivity contribution is -0.137. The van der Waals surface area contributed by atoms with Crippen molar-refractivity contribution in [3.63, 3.8) is 0 Å². The van der Waals surface area contributed by atoms with Crippen LogP contribution in [0.5, 0.6) is 0 Å². The molecular formula is C13H10ClF3N2. The van der Waals surface area contributed by atoms with Gasteiger partial charge in [0.25, 0.3) is 0 Å². The standard InChI is InChI=1S/C13H10ClF3N2/c14-9-4-8(13(15,16)17)5-12(6-9)19-11-3-1-2-10(18)7-11/h1-7,19H,18H2. The van der Waals surface area contributed by atoms with Gasteiger partial charge in [-0.3, -0.25) is 0 Å². The topological polar surface area (TPSA) is 38.0 Å². The van der Waals surface area contributed by atoms with Crippen LogP contribution in [0.25, 0.3) is 0 Å². The summed E-state index contributed by atoms with van der Waals surface area (Å²) < 4.78 is 37.9. The SMILES string of the molecule is Nc1cccc(Nc2cc(Cl)cc(C(F)(F)F)c2)c1. The Balaban J connectivity index is 2.33. The van der Waals surface area contributed by atoms with Crippen molar-refractivity contribution in [1.82, 2.24) is 0 Å². The zero-order valence-electron chi connectivity index (χ0n) is 9.63. The molecule has 0 aliphatic rings. The third-order valence-corrected chi connectivity index (χ3v) is 2.62. The number of nitrogen functional groups attached to an aromatic ring is 1. The molecule has 0 bridgehead atoms. The molecule has 2 aromatic rings. The van der Waals surface area contributed by atoms with E-state index in [-0.39, 0.29) is 10.7 Å². The zero-order chi connectivity index (χ0) is 14.0. The molecule has 2 aromatic carbocycles. The van der Waals surface area contributed by atoms with E-state index in [1.807, 2.05) is 0 Å². The van der Waals surface area contributed by atoms with Gasteiger partial charge in [-0.25, -0.2) is 0 Å². The molecule has 0 atom stereocenters. The first-order valence-corrected chi connectivity index (χ1v) is 5.73. The molecule has 0 fully saturated rings. The van der Waals surface area contributed by atoms with Gasteiger partial charge in [0, 0.05) is 22.1 Å². The smallest absolute Gasteiger partial charge is 0.399 e. The van der Waals surface area contributed by atoms with Gasteiger partial charge in [-0.05, 0) is 36.4 Å². The number of hydrogen-bond acceptors (Lipinski definition) is 2. The number of nitrogens with one attached hydrogen (secondary N) is 1. The monoisotopic (exact) mass is 286 g/mol. The van der Waals surface area contributed by atoms with Crippen LogP contribution in [0.4, 0.5) is 30.2 Å². The molecule has 0 aromatic heterocycles. The van der Waals surface area contributed by atoms with Crippen molar-refractivity contribution in [3.8, 4) is 0 Å². The molecule has 0 amide bonds. The Morgan fingerprint density at radius 3 is 2.37 bits per heavy atom. The second-order valence-electron chi connectivity index (χ2n) is 3.98. The van der Waals surface area contributed by atoms with Gasteiger partial charge in [-0.15, -0.1) is 0 Å². The Morgan fingerprint density at radius 1 is 1.00 bits per heavy atom. The molecule has 19 heavy (non-hydrogen) atoms. The van der Waals surface area contributed by atoms with Crippen molar-refractivity contribution in [2.45, 2.75) is 6.18 Å². The number of hydrogen-bond donors (Lipinski definition) is 2. The molecule has 3 N–H and O–H groups in total. The van der Waals surface area contributed by atoms with Crippen LogP contribution in [0.15, 0.2) is 42.5 Å². The third kappa shape index (κ3) is 3.54. The highest BCUT2D eigenvalue weighted by atomic mass is 35.5. The van der Waals surface area contributed by atoms with E-state index in [1.165, 1.54) is 6.07 Å². The van der Waals surface area contributed by atoms with Crippen molar-refractivity contribution in [3.05, 3.63) is 53.1 Å². The molecule has 6 heteroatoms. The third-order valence-electron chi connectivity index (χ3n) is 2.40. The molecule has 0 saturated heterocycles. The van der Waals surface area contributed by atoms with E-state index >= 15 is 0 Å². The molecule has 0 aliphatic heterocycles. The summed E-state index contributed by atoms with van der Waals surface area (Å²) in [5.74, 6) is 0. The molecule has 2 rings (SSSR count). The largest absolute Gasteiger partial charge is 0.416 e. The van der Waals surface area contributed by atoms with E-state index in [9.17, 15) is 13.2 Å². The van der Waals surface area contributed by atoms with Crippen LogP contribution in [-0.4, -0.2) is 0 Å². The summed E-state index contributed by atoms with van der Waals surface area (Å²) in [6.45, 7) is 0. The minimum absolute atomic E-state index is 0.0150. The number of nitrogens with two attached hydrogens (primary N) is 1. The highest BCUT2D eigenvalue weighted by molar-refractivity contribution is 6.31. The number of anilines is 3. The van der Waals surface area contributed by atoms with Crippen LogP contribution in [0.3, 0.4) is 0 Å². The Labute approximate surface area is 113 Å². The molecule has 0 saturated carbocycles. The van der Waals surface area contributed by atoms with E-state index in [0.29, 0.717) is 11.4 Å². The number of halogens is 4. The maximum Gasteiger partial charge on any atom is 0.416 e. The van der Waals surface area contributed by atoms with Gasteiger partial charge in [-0.1, -0.05) is 17.7 Å². The van der Waals surface area contributed by atoms with Crippen molar-refractivity contribution < 1.29 is 13.2 Å². The fraction of sp³-hybridized carbons (Fsp3) is 0.0769. The molecule has 100 valence electrons. The lowest BCUT2D eigenvalue weighted by Crippen LogP contribution is -2.05. The lowest BCUT2D eigenvalue weighted by Gasteiger charge is -2.12. The number of rotatable bonds is 2. The van der Waals surface area contributed by atoms with Crippen molar-refractivity contribution in [1.29, 1.82) is 0 Å². The Bertz CT molecular complexity index is 597. The number of benzene rings is 2. The molecule has 0 spiro atoms. The first-order valence-electron chi connectivity index (χ1n) is 5.35. The molecule has 0 heterocycles. The summed E-state index contributed by atoms with van der Waals surface area (Å²) in [5.41, 5.74) is 6.16. The molecular weight excluding hydrogens is 277 g/mol. The summed E-state index contributed by atoms with van der Waals surface area (Å²) in [7, 11) is 0. The maximum absolute atomic E-state index is 12.6. The van der Waals surface area contributed by atoms with Crippen LogP contribution < -0.4 is 11.1 Å². The minimum atomic E-state index is -4.43. The predicted octanol–water partition coefficient (Wildman–Crippen LogP) is 4.68. The average molecular weight is 287 g/mol. The van der Waals surface area contributed by atoms with Gasteiger partial charge in [0.1, 0.15) is 0 Å². The normalized spacial score (nSPS) is 11.4. The Kier molecular flexibility index (Phi) is 3.57. The first-order chi connectivity index (χ1) is 8.84. The quantitative estimate of drug-likeness (QED) is 0.786. The van der Waals surface area contributed by atoms with Crippen LogP contribution >= 0.6 is 11.6 Å². The molecule has 0 aliphatic carbocycles. The average Bonchev–Trinajstić information content (AvgIpc) is 2.26. The summed E-state index contributed by atoms with van der Waals surface area (Å²) in [6.07, 6.45) is -4.43. The summed E-state index contributed by atoms with van der Waals surface area (Å²) >= 11 is 5.69. The fourth-order valence-electron chi connectivity index (χ4n) is 1.61. The van der Waals surface area contributed by atoms with Gasteiger partial charge in [0.2, 0.25) is 0 Å². The highest BCUT2D eigenvalue weighted by Gasteiger charge is 2.31. The van der Waals surface area contributed by atoms with E-state index in [1.54, 1.807) is 24.3 Å². The van der Waals surface area contributed by atoms with E-state index in [2.05, 4.69) is 5.32 Å². The van der Waals surface area contributed by atoms with Crippen LogP contribution in [0.2, 0.25) is 5.02 Å². The van der Waals surface area contributed by atoms with Gasteiger partial charge < -0.3 is 11.1 Å². The summed E-state index contributed by atoms with van der Waals surface area (Å²) in [5, 5.41) is 2.85. The predicted molar refractivity (Wildman–Crippen MR) is 70.6 cm³/mol. The van der Waals surface area contributed by atoms with Gasteiger partial charge in [-0.2, -0.15) is 13.2 Å². The van der Waals surface area contributed by atoms with Crippen LogP contribution in [-0.2, 0) is 6.18 Å². The maximum atomic E-state index is 12.6. The first kappa shape index (κ1) is 13.5. The van der Waals surface area contributed by atoms with Gasteiger partial charge in [0.15, 0.2) is 0 Å². The second kappa shape index (κ2) is 5.01. The van der Waals surface area contributed by atoms with E-state index < -0.39 is 11.7 Å². The van der Waals surface area contributed by atoms with Crippen molar-refractivity contribution in [2.75, 3.05) is 11.1 Å². The highest BCUT2D eigenvalue weighted by Crippen LogP contribution is 2.34. The Morgan fingerprint density at radius 2 is 1.74 bits per heavy atom. The van der Waals surface area contributed by atoms with Crippen molar-refractivity contribution >= 4 is 28.7 Å². The van der Waals surface area contributed by atoms with Crippen LogP contribution in [0.1, 0.15) is 5.56 Å². The van der Waals surface area contributed by atoms with Gasteiger partial charge >= 0.3 is 6.18 Å². The molecule has 0 unspecified atom stereocenters. The lowest BCUT2D eigenvalue weighted by atomic mass is 10.2. The zero-order valence-corrected chi connectivity index (χ0v) is 10.4. The summed E-state index contributed by atoms with van der Waals surface area (Å²) in [6, 6.07) is 10.00. The van der Waals surface area contributed by atoms with E-state index in [0.717, 1.165) is 12.1 Å². The Hall–Kier alpha value is -1.88. The second-order valence-corrected chi connectivity index (χ2v) is 4.41. The molecule has 2 nitrogen and oxygen atoms in total. The van der Waals surface area contributed by atoms with Crippen molar-refractivity contribution in [2.24, 2.45) is 0 Å². The fourth-order valence-corrected chi connectivity index (χ4v) is 1.84.